The molecule has 0 unspecified atom stereocenters. The molecular formula is C51H92O2. The zero-order chi connectivity index (χ0) is 36.9. The van der Waals surface area contributed by atoms with Crippen LogP contribution in [0.4, 0.5) is 0 Å². The quantitative estimate of drug-likeness (QED) is 0.207. The second-order valence-electron chi connectivity index (χ2n) is 19.0. The molecular weight excluding hydrogens is 645 g/mol. The number of hydrogen-bond acceptors (Lipinski definition) is 2. The molecule has 0 heterocycles. The first kappa shape index (κ1) is 44.9. The van der Waals surface area contributed by atoms with Gasteiger partial charge in [0.1, 0.15) is 6.10 Å². The summed E-state index contributed by atoms with van der Waals surface area (Å²) in [5, 5.41) is 0. The van der Waals surface area contributed by atoms with Gasteiger partial charge < -0.3 is 4.74 Å². The number of carbonyl (C=O) groups is 1. The van der Waals surface area contributed by atoms with E-state index in [4.69, 9.17) is 4.74 Å². The summed E-state index contributed by atoms with van der Waals surface area (Å²) >= 11 is 0. The van der Waals surface area contributed by atoms with Crippen LogP contribution >= 0.6 is 0 Å². The summed E-state index contributed by atoms with van der Waals surface area (Å²) in [6.07, 6.45) is 59.6. The summed E-state index contributed by atoms with van der Waals surface area (Å²) in [6, 6.07) is 0. The first-order valence-corrected chi connectivity index (χ1v) is 25.3. The topological polar surface area (TPSA) is 26.3 Å². The van der Waals surface area contributed by atoms with Crippen LogP contribution in [-0.2, 0) is 9.53 Å². The van der Waals surface area contributed by atoms with Crippen LogP contribution in [0.25, 0.3) is 0 Å². The molecule has 53 heavy (non-hydrogen) atoms. The molecule has 0 radical (unpaired) electrons. The molecule has 0 aliphatic heterocycles. The maximum Gasteiger partial charge on any atom is 0.334 e. The van der Waals surface area contributed by atoms with Gasteiger partial charge in [0.15, 0.2) is 0 Å². The van der Waals surface area contributed by atoms with Gasteiger partial charge in [0.05, 0.1) is 0 Å². The van der Waals surface area contributed by atoms with Crippen molar-refractivity contribution in [2.45, 2.75) is 289 Å². The largest absolute Gasteiger partial charge is 0.459 e. The maximum absolute atomic E-state index is 15.5. The van der Waals surface area contributed by atoms with Crippen molar-refractivity contribution in [1.29, 1.82) is 0 Å². The average Bonchev–Trinajstić information content (AvgIpc) is 3.13. The van der Waals surface area contributed by atoms with E-state index in [1.54, 1.807) is 5.57 Å². The second kappa shape index (κ2) is 30.4. The molecule has 2 nitrogen and oxygen atoms in total. The van der Waals surface area contributed by atoms with Crippen LogP contribution in [0.2, 0.25) is 0 Å². The van der Waals surface area contributed by atoms with Gasteiger partial charge in [0.2, 0.25) is 0 Å². The fraction of sp³-hybridized carbons (Fsp3) is 0.941. The van der Waals surface area contributed by atoms with Gasteiger partial charge in [0.25, 0.3) is 0 Å². The van der Waals surface area contributed by atoms with Crippen LogP contribution in [0.15, 0.2) is 11.1 Å². The minimum absolute atomic E-state index is 0.122. The Morgan fingerprint density at radius 2 is 0.472 bits per heavy atom. The van der Waals surface area contributed by atoms with Crippen molar-refractivity contribution in [1.82, 2.24) is 0 Å². The Balaban J connectivity index is 1.75. The fourth-order valence-corrected chi connectivity index (χ4v) is 11.2. The van der Waals surface area contributed by atoms with Crippen molar-refractivity contribution < 1.29 is 9.53 Å². The van der Waals surface area contributed by atoms with Gasteiger partial charge >= 0.3 is 5.97 Å². The number of carbonyl (C=O) groups excluding carboxylic acids is 1. The van der Waals surface area contributed by atoms with Crippen LogP contribution in [0, 0.1) is 17.8 Å². The van der Waals surface area contributed by atoms with Gasteiger partial charge in [-0.25, -0.2) is 4.79 Å². The van der Waals surface area contributed by atoms with E-state index in [-0.39, 0.29) is 12.1 Å². The maximum atomic E-state index is 15.5. The number of rotatable bonds is 5. The predicted octanol–water partition coefficient (Wildman–Crippen LogP) is 17.3. The lowest BCUT2D eigenvalue weighted by Crippen LogP contribution is -2.29. The van der Waals surface area contributed by atoms with E-state index in [1.807, 2.05) is 0 Å². The highest BCUT2D eigenvalue weighted by Crippen LogP contribution is 2.43. The van der Waals surface area contributed by atoms with E-state index in [2.05, 4.69) is 0 Å². The third-order valence-electron chi connectivity index (χ3n) is 14.5. The highest BCUT2D eigenvalue weighted by Gasteiger charge is 2.34. The first-order valence-electron chi connectivity index (χ1n) is 25.3. The molecule has 0 aromatic rings. The van der Waals surface area contributed by atoms with Gasteiger partial charge in [-0.1, -0.05) is 224 Å². The van der Waals surface area contributed by atoms with E-state index >= 15 is 4.79 Å². The van der Waals surface area contributed by atoms with Gasteiger partial charge in [-0.3, -0.25) is 0 Å². The molecule has 4 saturated carbocycles. The number of hydrogen-bond donors (Lipinski definition) is 0. The summed E-state index contributed by atoms with van der Waals surface area (Å²) in [6.45, 7) is 0. The number of allylic oxidation sites excluding steroid dienone is 1. The van der Waals surface area contributed by atoms with Crippen molar-refractivity contribution in [3.8, 4) is 0 Å². The zero-order valence-corrected chi connectivity index (χ0v) is 35.7. The third kappa shape index (κ3) is 19.8. The molecule has 4 fully saturated rings. The molecule has 4 aliphatic rings. The summed E-state index contributed by atoms with van der Waals surface area (Å²) in [5.41, 5.74) is 3.00. The molecule has 0 aromatic heterocycles. The highest BCUT2D eigenvalue weighted by molar-refractivity contribution is 5.90. The summed E-state index contributed by atoms with van der Waals surface area (Å²) in [7, 11) is 0. The zero-order valence-electron chi connectivity index (χ0n) is 35.7. The monoisotopic (exact) mass is 737 g/mol. The number of ether oxygens (including phenoxy) is 1. The van der Waals surface area contributed by atoms with Crippen molar-refractivity contribution in [3.05, 3.63) is 11.1 Å². The lowest BCUT2D eigenvalue weighted by atomic mass is 9.71. The van der Waals surface area contributed by atoms with Crippen molar-refractivity contribution in [2.75, 3.05) is 0 Å². The van der Waals surface area contributed by atoms with Crippen LogP contribution < -0.4 is 0 Å². The molecule has 0 N–H and O–H groups in total. The van der Waals surface area contributed by atoms with E-state index in [9.17, 15) is 0 Å². The minimum atomic E-state index is 0.122. The SMILES string of the molecule is O=C(OC1CCCCCCCCCCC1)C(=C(C1CCCCCCCCCCC1)C1CCCCCCCCCCC1)C1CCCCCCCCCCC1. The van der Waals surface area contributed by atoms with Crippen LogP contribution in [0.3, 0.4) is 0 Å². The van der Waals surface area contributed by atoms with E-state index in [1.165, 1.54) is 275 Å². The summed E-state index contributed by atoms with van der Waals surface area (Å²) < 4.78 is 7.02. The Labute approximate surface area is 332 Å². The summed E-state index contributed by atoms with van der Waals surface area (Å²) in [5.74, 6) is 1.78. The van der Waals surface area contributed by atoms with E-state index < -0.39 is 0 Å². The second-order valence-corrected chi connectivity index (χ2v) is 19.0. The van der Waals surface area contributed by atoms with Crippen molar-refractivity contribution in [2.24, 2.45) is 17.8 Å². The highest BCUT2D eigenvalue weighted by atomic mass is 16.5. The molecule has 0 amide bonds. The van der Waals surface area contributed by atoms with Gasteiger partial charge in [0, 0.05) is 5.57 Å². The van der Waals surface area contributed by atoms with Crippen LogP contribution in [-0.4, -0.2) is 12.1 Å². The molecule has 0 atom stereocenters. The van der Waals surface area contributed by atoms with Crippen molar-refractivity contribution >= 4 is 5.97 Å². The number of esters is 1. The van der Waals surface area contributed by atoms with E-state index in [0.29, 0.717) is 17.8 Å². The molecule has 308 valence electrons. The Hall–Kier alpha value is -0.790. The lowest BCUT2D eigenvalue weighted by molar-refractivity contribution is -0.146. The molecule has 0 saturated heterocycles. The Bertz CT molecular complexity index is 839. The van der Waals surface area contributed by atoms with Gasteiger partial charge in [-0.05, 0) is 82.0 Å². The lowest BCUT2D eigenvalue weighted by Gasteiger charge is -2.35. The molecule has 0 aromatic carbocycles. The van der Waals surface area contributed by atoms with E-state index in [0.717, 1.165) is 12.8 Å². The van der Waals surface area contributed by atoms with Crippen LogP contribution in [0.5, 0.6) is 0 Å². The smallest absolute Gasteiger partial charge is 0.334 e. The normalized spacial score (nSPS) is 25.2. The summed E-state index contributed by atoms with van der Waals surface area (Å²) in [4.78, 5) is 15.5. The standard InChI is InChI=1S/C51H92O2/c52-51(53-48-43-35-27-19-11-4-12-20-28-36-44-48)50(47-41-33-25-17-9-3-10-18-26-34-42-47)49(45-37-29-21-13-5-1-6-14-22-30-38-45)46-39-31-23-15-7-2-8-16-24-32-40-46/h45-48H,1-44H2. The fourth-order valence-electron chi connectivity index (χ4n) is 11.2. The molecule has 0 bridgehead atoms. The van der Waals surface area contributed by atoms with Gasteiger partial charge in [-0.15, -0.1) is 0 Å². The Morgan fingerprint density at radius 1 is 0.264 bits per heavy atom. The Kier molecular flexibility index (Phi) is 25.7. The van der Waals surface area contributed by atoms with Gasteiger partial charge in [-0.2, -0.15) is 0 Å². The average molecular weight is 737 g/mol. The van der Waals surface area contributed by atoms with Crippen LogP contribution in [0.1, 0.15) is 283 Å². The molecule has 4 rings (SSSR count). The predicted molar refractivity (Wildman–Crippen MR) is 231 cm³/mol. The van der Waals surface area contributed by atoms with Crippen molar-refractivity contribution in [3.63, 3.8) is 0 Å². The molecule has 2 heteroatoms. The molecule has 4 aliphatic carbocycles. The third-order valence-corrected chi connectivity index (χ3v) is 14.5. The minimum Gasteiger partial charge on any atom is -0.459 e. The first-order chi connectivity index (χ1) is 26.3. The molecule has 0 spiro atoms. The Morgan fingerprint density at radius 3 is 0.736 bits per heavy atom.